The number of carbonyl (C=O) groups is 1. The lowest BCUT2D eigenvalue weighted by Crippen LogP contribution is -2.34. The molecule has 7 heteroatoms. The SMILES string of the molecule is CC(C)Oc1cccc(C(=O)NC(=S)Nc2ccc(N3CCCCC3)c(Cl)c2)c1. The molecule has 1 amide bonds. The first kappa shape index (κ1) is 21.4. The van der Waals surface area contributed by atoms with Crippen LogP contribution < -0.4 is 20.3 Å². The van der Waals surface area contributed by atoms with E-state index in [0.717, 1.165) is 24.5 Å². The summed E-state index contributed by atoms with van der Waals surface area (Å²) in [5.41, 5.74) is 2.25. The number of benzene rings is 2. The van der Waals surface area contributed by atoms with Crippen LogP contribution in [0.5, 0.6) is 5.75 Å². The molecular weight excluding hydrogens is 406 g/mol. The van der Waals surface area contributed by atoms with Crippen LogP contribution in [0.25, 0.3) is 0 Å². The molecule has 1 heterocycles. The Morgan fingerprint density at radius 2 is 1.90 bits per heavy atom. The normalized spacial score (nSPS) is 13.9. The van der Waals surface area contributed by atoms with Crippen molar-refractivity contribution in [3.8, 4) is 5.75 Å². The first-order chi connectivity index (χ1) is 13.9. The van der Waals surface area contributed by atoms with Gasteiger partial charge in [-0.15, -0.1) is 0 Å². The number of halogens is 1. The number of piperidine rings is 1. The van der Waals surface area contributed by atoms with Crippen LogP contribution in [0.15, 0.2) is 42.5 Å². The van der Waals surface area contributed by atoms with Crippen molar-refractivity contribution in [1.82, 2.24) is 5.32 Å². The predicted octanol–water partition coefficient (Wildman–Crippen LogP) is 5.24. The van der Waals surface area contributed by atoms with Crippen LogP contribution in [0.1, 0.15) is 43.5 Å². The average molecular weight is 432 g/mol. The van der Waals surface area contributed by atoms with Gasteiger partial charge in [-0.1, -0.05) is 17.7 Å². The highest BCUT2D eigenvalue weighted by atomic mass is 35.5. The Kier molecular flexibility index (Phi) is 7.34. The van der Waals surface area contributed by atoms with Gasteiger partial charge in [-0.25, -0.2) is 0 Å². The van der Waals surface area contributed by atoms with Crippen LogP contribution in [0.2, 0.25) is 5.02 Å². The number of rotatable bonds is 5. The molecule has 1 aliphatic heterocycles. The molecule has 2 aromatic rings. The maximum absolute atomic E-state index is 12.5. The Hall–Kier alpha value is -2.31. The van der Waals surface area contributed by atoms with Crippen LogP contribution in [0, 0.1) is 0 Å². The van der Waals surface area contributed by atoms with Crippen molar-refractivity contribution in [3.05, 3.63) is 53.1 Å². The molecule has 0 radical (unpaired) electrons. The summed E-state index contributed by atoms with van der Waals surface area (Å²) in [6, 6.07) is 12.8. The van der Waals surface area contributed by atoms with Crippen molar-refractivity contribution in [1.29, 1.82) is 0 Å². The van der Waals surface area contributed by atoms with Crippen molar-refractivity contribution in [3.63, 3.8) is 0 Å². The number of hydrogen-bond acceptors (Lipinski definition) is 4. The van der Waals surface area contributed by atoms with E-state index in [9.17, 15) is 4.79 Å². The molecule has 2 N–H and O–H groups in total. The van der Waals surface area contributed by atoms with Gasteiger partial charge >= 0.3 is 0 Å². The zero-order valence-corrected chi connectivity index (χ0v) is 18.3. The van der Waals surface area contributed by atoms with Gasteiger partial charge in [0.05, 0.1) is 16.8 Å². The monoisotopic (exact) mass is 431 g/mol. The molecule has 5 nitrogen and oxygen atoms in total. The van der Waals surface area contributed by atoms with E-state index in [2.05, 4.69) is 15.5 Å². The molecule has 2 aromatic carbocycles. The van der Waals surface area contributed by atoms with Crippen molar-refractivity contribution < 1.29 is 9.53 Å². The molecule has 29 heavy (non-hydrogen) atoms. The Balaban J connectivity index is 1.60. The largest absolute Gasteiger partial charge is 0.491 e. The maximum Gasteiger partial charge on any atom is 0.257 e. The molecule has 0 bridgehead atoms. The van der Waals surface area contributed by atoms with E-state index in [1.807, 2.05) is 38.1 Å². The van der Waals surface area contributed by atoms with Gasteiger partial charge in [-0.2, -0.15) is 0 Å². The van der Waals surface area contributed by atoms with E-state index < -0.39 is 0 Å². The van der Waals surface area contributed by atoms with Crippen molar-refractivity contribution >= 4 is 46.2 Å². The highest BCUT2D eigenvalue weighted by Crippen LogP contribution is 2.30. The summed E-state index contributed by atoms with van der Waals surface area (Å²) in [6.45, 7) is 5.93. The smallest absolute Gasteiger partial charge is 0.257 e. The lowest BCUT2D eigenvalue weighted by molar-refractivity contribution is 0.0977. The number of thiocarbonyl (C=S) groups is 1. The molecule has 0 aliphatic carbocycles. The summed E-state index contributed by atoms with van der Waals surface area (Å²) in [6.07, 6.45) is 3.69. The predicted molar refractivity (Wildman–Crippen MR) is 123 cm³/mol. The molecule has 0 atom stereocenters. The maximum atomic E-state index is 12.5. The minimum Gasteiger partial charge on any atom is -0.491 e. The first-order valence-electron chi connectivity index (χ1n) is 9.86. The van der Waals surface area contributed by atoms with Gasteiger partial charge in [0, 0.05) is 24.3 Å². The molecule has 0 unspecified atom stereocenters. The summed E-state index contributed by atoms with van der Waals surface area (Å²) >= 11 is 11.8. The summed E-state index contributed by atoms with van der Waals surface area (Å²) in [5, 5.41) is 6.61. The number of hydrogen-bond donors (Lipinski definition) is 2. The third-order valence-corrected chi connectivity index (χ3v) is 5.10. The first-order valence-corrected chi connectivity index (χ1v) is 10.6. The number of nitrogens with zero attached hydrogens (tertiary/aromatic N) is 1. The summed E-state index contributed by atoms with van der Waals surface area (Å²) in [5.74, 6) is 0.347. The Bertz CT molecular complexity index is 882. The minimum atomic E-state index is -0.298. The molecule has 154 valence electrons. The zero-order chi connectivity index (χ0) is 20.8. The van der Waals surface area contributed by atoms with Crippen LogP contribution in [-0.4, -0.2) is 30.2 Å². The van der Waals surface area contributed by atoms with Gasteiger partial charge < -0.3 is 15.0 Å². The lowest BCUT2D eigenvalue weighted by Gasteiger charge is -2.29. The fourth-order valence-electron chi connectivity index (χ4n) is 3.30. The second-order valence-corrected chi connectivity index (χ2v) is 8.13. The van der Waals surface area contributed by atoms with Gasteiger partial charge in [0.1, 0.15) is 5.75 Å². The fraction of sp³-hybridized carbons (Fsp3) is 0.364. The van der Waals surface area contributed by atoms with E-state index in [-0.39, 0.29) is 17.1 Å². The van der Waals surface area contributed by atoms with Gasteiger partial charge in [-0.3, -0.25) is 10.1 Å². The molecule has 3 rings (SSSR count). The van der Waals surface area contributed by atoms with Gasteiger partial charge in [-0.05, 0) is 81.7 Å². The van der Waals surface area contributed by atoms with Crippen LogP contribution >= 0.6 is 23.8 Å². The third kappa shape index (κ3) is 6.08. The van der Waals surface area contributed by atoms with Gasteiger partial charge in [0.15, 0.2) is 5.11 Å². The van der Waals surface area contributed by atoms with Crippen LogP contribution in [-0.2, 0) is 0 Å². The van der Waals surface area contributed by atoms with Gasteiger partial charge in [0.25, 0.3) is 5.91 Å². The highest BCUT2D eigenvalue weighted by molar-refractivity contribution is 7.80. The van der Waals surface area contributed by atoms with Gasteiger partial charge in [0.2, 0.25) is 0 Å². The molecule has 0 aromatic heterocycles. The lowest BCUT2D eigenvalue weighted by atomic mass is 10.1. The summed E-state index contributed by atoms with van der Waals surface area (Å²) < 4.78 is 5.63. The molecular formula is C22H26ClN3O2S. The van der Waals surface area contributed by atoms with E-state index >= 15 is 0 Å². The second-order valence-electron chi connectivity index (χ2n) is 7.32. The van der Waals surface area contributed by atoms with Crippen molar-refractivity contribution in [2.24, 2.45) is 0 Å². The zero-order valence-electron chi connectivity index (χ0n) is 16.7. The third-order valence-electron chi connectivity index (χ3n) is 4.60. The Labute approximate surface area is 182 Å². The van der Waals surface area contributed by atoms with E-state index in [1.54, 1.807) is 18.2 Å². The van der Waals surface area contributed by atoms with Crippen molar-refractivity contribution in [2.75, 3.05) is 23.3 Å². The van der Waals surface area contributed by atoms with E-state index in [0.29, 0.717) is 16.3 Å². The molecule has 0 saturated carbocycles. The molecule has 1 fully saturated rings. The molecule has 0 spiro atoms. The number of carbonyl (C=O) groups excluding carboxylic acids is 1. The summed E-state index contributed by atoms with van der Waals surface area (Å²) in [4.78, 5) is 14.8. The Morgan fingerprint density at radius 1 is 1.14 bits per heavy atom. The topological polar surface area (TPSA) is 53.6 Å². The fourth-order valence-corrected chi connectivity index (χ4v) is 3.81. The molecule has 1 aliphatic rings. The standard InChI is InChI=1S/C22H26ClN3O2S/c1-15(2)28-18-8-6-7-16(13-18)21(27)25-22(29)24-17-9-10-20(19(23)14-17)26-11-4-3-5-12-26/h6-10,13-15H,3-5,11-12H2,1-2H3,(H2,24,25,27,29). The number of anilines is 2. The van der Waals surface area contributed by atoms with E-state index in [4.69, 9.17) is 28.6 Å². The summed E-state index contributed by atoms with van der Waals surface area (Å²) in [7, 11) is 0. The number of ether oxygens (including phenoxy) is 1. The van der Waals surface area contributed by atoms with Crippen molar-refractivity contribution in [2.45, 2.75) is 39.2 Å². The highest BCUT2D eigenvalue weighted by Gasteiger charge is 2.15. The Morgan fingerprint density at radius 3 is 2.59 bits per heavy atom. The average Bonchev–Trinajstić information content (AvgIpc) is 2.68. The molecule has 1 saturated heterocycles. The quantitative estimate of drug-likeness (QED) is 0.633. The minimum absolute atomic E-state index is 0.0358. The van der Waals surface area contributed by atoms with Crippen LogP contribution in [0.4, 0.5) is 11.4 Å². The second kappa shape index (κ2) is 9.94. The van der Waals surface area contributed by atoms with E-state index in [1.165, 1.54) is 19.3 Å². The van der Waals surface area contributed by atoms with Crippen LogP contribution in [0.3, 0.4) is 0 Å². The number of nitrogens with one attached hydrogen (secondary N) is 2. The number of amides is 1.